The zero-order valence-electron chi connectivity index (χ0n) is 8.89. The highest BCUT2D eigenvalue weighted by Crippen LogP contribution is 2.31. The zero-order chi connectivity index (χ0) is 10.1. The van der Waals surface area contributed by atoms with E-state index in [0.29, 0.717) is 0 Å². The second-order valence-electron chi connectivity index (χ2n) is 4.33. The van der Waals surface area contributed by atoms with Gasteiger partial charge in [0.1, 0.15) is 0 Å². The smallest absolute Gasteiger partial charge is 0.0557 e. The second-order valence-corrected chi connectivity index (χ2v) is 4.98. The molecule has 0 amide bonds. The van der Waals surface area contributed by atoms with Crippen molar-refractivity contribution in [2.24, 2.45) is 5.92 Å². The van der Waals surface area contributed by atoms with Crippen LogP contribution in [0.15, 0.2) is 18.2 Å². The van der Waals surface area contributed by atoms with Crippen molar-refractivity contribution in [3.63, 3.8) is 0 Å². The van der Waals surface area contributed by atoms with E-state index in [0.717, 1.165) is 5.92 Å². The Morgan fingerprint density at radius 2 is 2.07 bits per heavy atom. The molecule has 0 saturated carbocycles. The quantitative estimate of drug-likeness (QED) is 0.642. The highest BCUT2D eigenvalue weighted by molar-refractivity contribution is 6.20. The van der Waals surface area contributed by atoms with Crippen LogP contribution in [0, 0.1) is 5.92 Å². The number of hydrogen-bond donors (Lipinski definition) is 0. The van der Waals surface area contributed by atoms with E-state index in [1.807, 2.05) is 6.92 Å². The summed E-state index contributed by atoms with van der Waals surface area (Å²) in [5, 5.41) is 0.140. The molecule has 0 saturated heterocycles. The van der Waals surface area contributed by atoms with Crippen LogP contribution >= 0.6 is 11.6 Å². The van der Waals surface area contributed by atoms with Gasteiger partial charge in [0.25, 0.3) is 0 Å². The molecule has 0 bridgehead atoms. The maximum Gasteiger partial charge on any atom is 0.0557 e. The molecule has 0 fully saturated rings. The summed E-state index contributed by atoms with van der Waals surface area (Å²) in [5.74, 6) is 0.867. The van der Waals surface area contributed by atoms with E-state index < -0.39 is 0 Å². The lowest BCUT2D eigenvalue weighted by Crippen LogP contribution is -1.95. The fourth-order valence-corrected chi connectivity index (χ4v) is 2.40. The van der Waals surface area contributed by atoms with Crippen LogP contribution in [0.2, 0.25) is 0 Å². The highest BCUT2D eigenvalue weighted by atomic mass is 35.5. The van der Waals surface area contributed by atoms with Crippen LogP contribution < -0.4 is 0 Å². The normalized spacial score (nSPS) is 22.1. The molecular weight excluding hydrogens is 192 g/mol. The van der Waals surface area contributed by atoms with E-state index >= 15 is 0 Å². The molecule has 0 heterocycles. The van der Waals surface area contributed by atoms with Crippen LogP contribution in [0.3, 0.4) is 0 Å². The summed E-state index contributed by atoms with van der Waals surface area (Å²) in [4.78, 5) is 0. The third kappa shape index (κ3) is 1.81. The number of benzene rings is 1. The summed E-state index contributed by atoms with van der Waals surface area (Å²) >= 11 is 6.08. The molecule has 2 rings (SSSR count). The summed E-state index contributed by atoms with van der Waals surface area (Å²) in [6.07, 6.45) is 3.81. The topological polar surface area (TPSA) is 0 Å². The van der Waals surface area contributed by atoms with Crippen molar-refractivity contribution in [1.29, 1.82) is 0 Å². The van der Waals surface area contributed by atoms with Gasteiger partial charge in [-0.1, -0.05) is 31.5 Å². The van der Waals surface area contributed by atoms with Crippen molar-refractivity contribution >= 4 is 11.6 Å². The first-order valence-electron chi connectivity index (χ1n) is 5.46. The molecule has 0 N–H and O–H groups in total. The fraction of sp³-hybridized carbons (Fsp3) is 0.538. The van der Waals surface area contributed by atoms with Gasteiger partial charge in [-0.15, -0.1) is 11.6 Å². The standard InChI is InChI=1S/C13H17Cl/c1-3-10-6-12-5-4-11(9(2)14)8-13(12)7-10/h4-5,8-10H,3,6-7H2,1-2H3/t9-,10+/m1/s1. The molecule has 1 aliphatic rings. The van der Waals surface area contributed by atoms with Gasteiger partial charge in [0, 0.05) is 0 Å². The van der Waals surface area contributed by atoms with E-state index in [1.54, 1.807) is 0 Å². The van der Waals surface area contributed by atoms with Gasteiger partial charge in [-0.05, 0) is 42.4 Å². The zero-order valence-corrected chi connectivity index (χ0v) is 9.64. The van der Waals surface area contributed by atoms with Gasteiger partial charge in [-0.25, -0.2) is 0 Å². The third-order valence-electron chi connectivity index (χ3n) is 3.28. The first-order chi connectivity index (χ1) is 6.70. The van der Waals surface area contributed by atoms with Gasteiger partial charge in [0.2, 0.25) is 0 Å². The SMILES string of the molecule is CC[C@H]1Cc2ccc([C@@H](C)Cl)cc2C1. The maximum absolute atomic E-state index is 6.08. The number of alkyl halides is 1. The Hall–Kier alpha value is -0.490. The second kappa shape index (κ2) is 3.94. The van der Waals surface area contributed by atoms with Gasteiger partial charge in [-0.3, -0.25) is 0 Å². The molecule has 0 aliphatic heterocycles. The minimum Gasteiger partial charge on any atom is -0.118 e. The molecule has 76 valence electrons. The van der Waals surface area contributed by atoms with E-state index in [9.17, 15) is 0 Å². The minimum atomic E-state index is 0.140. The molecule has 0 aromatic heterocycles. The number of hydrogen-bond acceptors (Lipinski definition) is 0. The minimum absolute atomic E-state index is 0.140. The molecular formula is C13H17Cl. The highest BCUT2D eigenvalue weighted by Gasteiger charge is 2.20. The monoisotopic (exact) mass is 208 g/mol. The Labute approximate surface area is 91.3 Å². The molecule has 0 nitrogen and oxygen atoms in total. The van der Waals surface area contributed by atoms with Gasteiger partial charge < -0.3 is 0 Å². The Balaban J connectivity index is 2.26. The molecule has 1 aromatic rings. The first-order valence-corrected chi connectivity index (χ1v) is 5.90. The van der Waals surface area contributed by atoms with E-state index in [-0.39, 0.29) is 5.38 Å². The lowest BCUT2D eigenvalue weighted by molar-refractivity contribution is 0.543. The van der Waals surface area contributed by atoms with Crippen molar-refractivity contribution < 1.29 is 0 Å². The molecule has 0 spiro atoms. The van der Waals surface area contributed by atoms with Crippen molar-refractivity contribution in [3.8, 4) is 0 Å². The average molecular weight is 209 g/mol. The van der Waals surface area contributed by atoms with Crippen LogP contribution in [0.25, 0.3) is 0 Å². The summed E-state index contributed by atoms with van der Waals surface area (Å²) in [7, 11) is 0. The number of rotatable bonds is 2. The largest absolute Gasteiger partial charge is 0.118 e. The van der Waals surface area contributed by atoms with Crippen molar-refractivity contribution in [2.75, 3.05) is 0 Å². The Bertz CT molecular complexity index is 328. The van der Waals surface area contributed by atoms with E-state index in [2.05, 4.69) is 25.1 Å². The predicted molar refractivity (Wildman–Crippen MR) is 61.9 cm³/mol. The number of fused-ring (bicyclic) bond motifs is 1. The fourth-order valence-electron chi connectivity index (χ4n) is 2.27. The van der Waals surface area contributed by atoms with Crippen LogP contribution in [0.4, 0.5) is 0 Å². The predicted octanol–water partition coefficient (Wildman–Crippen LogP) is 4.11. The Morgan fingerprint density at radius 3 is 2.71 bits per heavy atom. The van der Waals surface area contributed by atoms with Crippen LogP contribution in [-0.2, 0) is 12.8 Å². The third-order valence-corrected chi connectivity index (χ3v) is 3.54. The molecule has 0 unspecified atom stereocenters. The van der Waals surface area contributed by atoms with E-state index in [4.69, 9.17) is 11.6 Å². The lowest BCUT2D eigenvalue weighted by atomic mass is 10.0. The Morgan fingerprint density at radius 1 is 1.36 bits per heavy atom. The summed E-state index contributed by atoms with van der Waals surface area (Å²) in [5.41, 5.74) is 4.34. The van der Waals surface area contributed by atoms with Crippen LogP contribution in [0.1, 0.15) is 42.3 Å². The van der Waals surface area contributed by atoms with E-state index in [1.165, 1.54) is 36.0 Å². The molecule has 2 atom stereocenters. The maximum atomic E-state index is 6.08. The average Bonchev–Trinajstić information content (AvgIpc) is 2.58. The van der Waals surface area contributed by atoms with Crippen molar-refractivity contribution in [1.82, 2.24) is 0 Å². The lowest BCUT2D eigenvalue weighted by Gasteiger charge is -2.05. The van der Waals surface area contributed by atoms with Crippen molar-refractivity contribution in [3.05, 3.63) is 34.9 Å². The summed E-state index contributed by atoms with van der Waals surface area (Å²) in [6.45, 7) is 4.32. The summed E-state index contributed by atoms with van der Waals surface area (Å²) in [6, 6.07) is 6.73. The molecule has 0 radical (unpaired) electrons. The Kier molecular flexibility index (Phi) is 2.83. The molecule has 1 aliphatic carbocycles. The van der Waals surface area contributed by atoms with Gasteiger partial charge >= 0.3 is 0 Å². The molecule has 1 aromatic carbocycles. The molecule has 14 heavy (non-hydrogen) atoms. The van der Waals surface area contributed by atoms with Crippen LogP contribution in [-0.4, -0.2) is 0 Å². The van der Waals surface area contributed by atoms with Crippen LogP contribution in [0.5, 0.6) is 0 Å². The van der Waals surface area contributed by atoms with Gasteiger partial charge in [-0.2, -0.15) is 0 Å². The van der Waals surface area contributed by atoms with Gasteiger partial charge in [0.05, 0.1) is 5.38 Å². The number of halogens is 1. The van der Waals surface area contributed by atoms with Gasteiger partial charge in [0.15, 0.2) is 0 Å². The summed E-state index contributed by atoms with van der Waals surface area (Å²) < 4.78 is 0. The van der Waals surface area contributed by atoms with Crippen molar-refractivity contribution in [2.45, 2.75) is 38.5 Å². The molecule has 1 heteroatoms. The first kappa shape index (κ1) is 10.0.